The molecule has 0 aliphatic carbocycles. The zero-order chi connectivity index (χ0) is 16.3. The Morgan fingerprint density at radius 1 is 0.667 bits per heavy atom. The molecule has 4 fully saturated rings. The van der Waals surface area contributed by atoms with E-state index in [-0.39, 0.29) is 0 Å². The van der Waals surface area contributed by atoms with Crippen LogP contribution in [0.5, 0.6) is 0 Å². The molecule has 4 aliphatic heterocycles. The molecule has 0 saturated carbocycles. The first kappa shape index (κ1) is 15.1. The van der Waals surface area contributed by atoms with E-state index in [1.807, 2.05) is 0 Å². The highest BCUT2D eigenvalue weighted by molar-refractivity contribution is 5.64. The van der Waals surface area contributed by atoms with Crippen LogP contribution >= 0.6 is 0 Å². The average Bonchev–Trinajstić information content (AvgIpc) is 3.42. The van der Waals surface area contributed by atoms with E-state index >= 15 is 0 Å². The number of nitrogen functional groups attached to an aromatic ring is 1. The van der Waals surface area contributed by atoms with Crippen LogP contribution in [0.15, 0.2) is 0 Å². The summed E-state index contributed by atoms with van der Waals surface area (Å²) in [6.45, 7) is 5.64. The number of ether oxygens (including phenoxy) is 4. The molecule has 1 aromatic rings. The second kappa shape index (κ2) is 5.70. The Balaban J connectivity index is 1.59. The van der Waals surface area contributed by atoms with E-state index in [1.165, 1.54) is 27.8 Å². The predicted octanol–water partition coefficient (Wildman–Crippen LogP) is 1.34. The van der Waals surface area contributed by atoms with Crippen molar-refractivity contribution in [2.75, 3.05) is 32.2 Å². The van der Waals surface area contributed by atoms with Crippen LogP contribution in [0.4, 0.5) is 5.69 Å². The fourth-order valence-electron chi connectivity index (χ4n) is 3.80. The van der Waals surface area contributed by atoms with Crippen molar-refractivity contribution in [2.24, 2.45) is 0 Å². The molecule has 4 aliphatic rings. The van der Waals surface area contributed by atoms with Crippen LogP contribution in [0.3, 0.4) is 0 Å². The summed E-state index contributed by atoms with van der Waals surface area (Å²) in [6.07, 6.45) is 5.28. The lowest BCUT2D eigenvalue weighted by Gasteiger charge is -2.23. The van der Waals surface area contributed by atoms with Crippen molar-refractivity contribution in [3.8, 4) is 0 Å². The van der Waals surface area contributed by atoms with Crippen molar-refractivity contribution in [2.45, 2.75) is 57.0 Å². The lowest BCUT2D eigenvalue weighted by atomic mass is 9.83. The monoisotopic (exact) mass is 331 g/mol. The van der Waals surface area contributed by atoms with E-state index in [2.05, 4.69) is 6.92 Å². The Bertz CT molecular complexity index is 601. The Labute approximate surface area is 142 Å². The van der Waals surface area contributed by atoms with Crippen molar-refractivity contribution in [3.63, 3.8) is 0 Å². The van der Waals surface area contributed by atoms with E-state index in [9.17, 15) is 0 Å². The highest BCUT2D eigenvalue weighted by Crippen LogP contribution is 2.38. The number of rotatable bonds is 8. The first-order valence-corrected chi connectivity index (χ1v) is 9.07. The second-order valence-corrected chi connectivity index (χ2v) is 7.59. The van der Waals surface area contributed by atoms with Crippen molar-refractivity contribution >= 4 is 5.69 Å². The molecule has 0 spiro atoms. The molecule has 4 unspecified atom stereocenters. The standard InChI is InChI=1S/C19H25NO4/c1-10-15(2-11-6-21-11)16(3-12-7-22-12)17(4-13-8-23-13)18(19(10)20)5-14-9-24-14/h11-14H,2-9,20H2,1H3. The predicted molar refractivity (Wildman–Crippen MR) is 89.4 cm³/mol. The van der Waals surface area contributed by atoms with Gasteiger partial charge >= 0.3 is 0 Å². The Morgan fingerprint density at radius 2 is 1.00 bits per heavy atom. The zero-order valence-corrected chi connectivity index (χ0v) is 14.2. The van der Waals surface area contributed by atoms with Gasteiger partial charge in [0.2, 0.25) is 0 Å². The van der Waals surface area contributed by atoms with Crippen LogP contribution < -0.4 is 5.73 Å². The third-order valence-corrected chi connectivity index (χ3v) is 5.61. The Morgan fingerprint density at radius 3 is 1.42 bits per heavy atom. The van der Waals surface area contributed by atoms with Gasteiger partial charge in [-0.05, 0) is 34.7 Å². The van der Waals surface area contributed by atoms with Crippen LogP contribution in [-0.4, -0.2) is 50.8 Å². The maximum atomic E-state index is 6.60. The van der Waals surface area contributed by atoms with Crippen LogP contribution in [0.25, 0.3) is 0 Å². The Kier molecular flexibility index (Phi) is 3.59. The first-order valence-electron chi connectivity index (χ1n) is 9.07. The lowest BCUT2D eigenvalue weighted by Crippen LogP contribution is -2.17. The molecule has 5 nitrogen and oxygen atoms in total. The molecule has 5 heteroatoms. The molecule has 4 atom stereocenters. The Hall–Kier alpha value is -1.14. The highest BCUT2D eigenvalue weighted by atomic mass is 16.6. The van der Waals surface area contributed by atoms with Gasteiger partial charge in [0.25, 0.3) is 0 Å². The van der Waals surface area contributed by atoms with Crippen molar-refractivity contribution in [1.29, 1.82) is 0 Å². The lowest BCUT2D eigenvalue weighted by molar-refractivity contribution is 0.395. The number of benzene rings is 1. The van der Waals surface area contributed by atoms with Crippen molar-refractivity contribution in [3.05, 3.63) is 27.8 Å². The summed E-state index contributed by atoms with van der Waals surface area (Å²) >= 11 is 0. The normalized spacial score (nSPS) is 32.7. The van der Waals surface area contributed by atoms with Crippen LogP contribution in [0.2, 0.25) is 0 Å². The van der Waals surface area contributed by atoms with E-state index in [0.717, 1.165) is 57.8 Å². The summed E-state index contributed by atoms with van der Waals surface area (Å²) in [5.74, 6) is 0. The third kappa shape index (κ3) is 3.18. The summed E-state index contributed by atoms with van der Waals surface area (Å²) in [5, 5.41) is 0. The minimum absolute atomic E-state index is 0.341. The highest BCUT2D eigenvalue weighted by Gasteiger charge is 2.35. The summed E-state index contributed by atoms with van der Waals surface area (Å²) < 4.78 is 22.1. The fourth-order valence-corrected chi connectivity index (χ4v) is 3.80. The largest absolute Gasteiger partial charge is 0.398 e. The smallest absolute Gasteiger partial charge is 0.0851 e. The molecule has 0 radical (unpaired) electrons. The molecule has 0 bridgehead atoms. The van der Waals surface area contributed by atoms with E-state index < -0.39 is 0 Å². The van der Waals surface area contributed by atoms with Crippen molar-refractivity contribution < 1.29 is 18.9 Å². The maximum absolute atomic E-state index is 6.60. The van der Waals surface area contributed by atoms with Gasteiger partial charge < -0.3 is 24.7 Å². The zero-order valence-electron chi connectivity index (χ0n) is 14.2. The maximum Gasteiger partial charge on any atom is 0.0851 e. The number of nitrogens with two attached hydrogens (primary N) is 1. The number of hydrogen-bond donors (Lipinski definition) is 1. The molecule has 2 N–H and O–H groups in total. The minimum Gasteiger partial charge on any atom is -0.398 e. The van der Waals surface area contributed by atoms with E-state index in [0.29, 0.717) is 24.4 Å². The summed E-state index contributed by atoms with van der Waals surface area (Å²) in [6, 6.07) is 0. The molecule has 4 saturated heterocycles. The van der Waals surface area contributed by atoms with Crippen LogP contribution in [0.1, 0.15) is 27.8 Å². The first-order chi connectivity index (χ1) is 11.7. The van der Waals surface area contributed by atoms with Gasteiger partial charge in [0.1, 0.15) is 0 Å². The fraction of sp³-hybridized carbons (Fsp3) is 0.684. The SMILES string of the molecule is Cc1c(N)c(CC2CO2)c(CC2CO2)c(CC2CO2)c1CC1CO1. The second-order valence-electron chi connectivity index (χ2n) is 7.59. The van der Waals surface area contributed by atoms with Gasteiger partial charge in [-0.1, -0.05) is 0 Å². The number of anilines is 1. The molecule has 5 rings (SSSR count). The van der Waals surface area contributed by atoms with Gasteiger partial charge in [0.15, 0.2) is 0 Å². The number of epoxide rings is 4. The van der Waals surface area contributed by atoms with Gasteiger partial charge in [0.05, 0.1) is 50.8 Å². The summed E-state index contributed by atoms with van der Waals surface area (Å²) in [7, 11) is 0. The molecular weight excluding hydrogens is 306 g/mol. The van der Waals surface area contributed by atoms with Crippen LogP contribution in [-0.2, 0) is 44.6 Å². The quantitative estimate of drug-likeness (QED) is 0.575. The molecule has 0 amide bonds. The molecule has 4 heterocycles. The van der Waals surface area contributed by atoms with Gasteiger partial charge in [-0.25, -0.2) is 0 Å². The van der Waals surface area contributed by atoms with Gasteiger partial charge in [-0.15, -0.1) is 0 Å². The summed E-state index contributed by atoms with van der Waals surface area (Å²) in [5.41, 5.74) is 14.3. The molecule has 130 valence electrons. The van der Waals surface area contributed by atoms with Gasteiger partial charge in [-0.3, -0.25) is 0 Å². The average molecular weight is 331 g/mol. The van der Waals surface area contributed by atoms with E-state index in [1.54, 1.807) is 0 Å². The topological polar surface area (TPSA) is 76.1 Å². The summed E-state index contributed by atoms with van der Waals surface area (Å²) in [4.78, 5) is 0. The molecule has 24 heavy (non-hydrogen) atoms. The molecular formula is C19H25NO4. The van der Waals surface area contributed by atoms with Crippen molar-refractivity contribution in [1.82, 2.24) is 0 Å². The van der Waals surface area contributed by atoms with E-state index in [4.69, 9.17) is 24.7 Å². The number of hydrogen-bond acceptors (Lipinski definition) is 5. The molecule has 1 aromatic carbocycles. The molecule has 0 aromatic heterocycles. The minimum atomic E-state index is 0.341. The van der Waals surface area contributed by atoms with Crippen LogP contribution in [0, 0.1) is 6.92 Å². The third-order valence-electron chi connectivity index (χ3n) is 5.61. The van der Waals surface area contributed by atoms with Gasteiger partial charge in [0, 0.05) is 31.4 Å². The van der Waals surface area contributed by atoms with Gasteiger partial charge in [-0.2, -0.15) is 0 Å².